The minimum atomic E-state index is -0.835. The Morgan fingerprint density at radius 1 is 1.33 bits per heavy atom. The molecule has 2 amide bonds. The summed E-state index contributed by atoms with van der Waals surface area (Å²) in [5.74, 6) is 0.186. The number of carboxylic acids is 1. The van der Waals surface area contributed by atoms with Gasteiger partial charge in [0, 0.05) is 25.6 Å². The van der Waals surface area contributed by atoms with Gasteiger partial charge in [0.25, 0.3) is 0 Å². The molecule has 0 aliphatic carbocycles. The zero-order chi connectivity index (χ0) is 14.1. The van der Waals surface area contributed by atoms with E-state index in [2.05, 4.69) is 5.32 Å². The summed E-state index contributed by atoms with van der Waals surface area (Å²) in [5, 5.41) is 11.4. The number of hydrogen-bond donors (Lipinski definition) is 2. The predicted octanol–water partition coefficient (Wildman–Crippen LogP) is 2.02. The van der Waals surface area contributed by atoms with Crippen LogP contribution in [-0.2, 0) is 4.79 Å². The first-order valence-electron chi connectivity index (χ1n) is 6.12. The third kappa shape index (κ3) is 7.42. The van der Waals surface area contributed by atoms with Crippen LogP contribution >= 0.6 is 11.8 Å². The van der Waals surface area contributed by atoms with Gasteiger partial charge in [0.2, 0.25) is 0 Å². The Morgan fingerprint density at radius 3 is 2.44 bits per heavy atom. The Kier molecular flexibility index (Phi) is 8.62. The molecule has 0 aromatic heterocycles. The Balaban J connectivity index is 4.02. The van der Waals surface area contributed by atoms with Crippen LogP contribution in [0.3, 0.4) is 0 Å². The maximum Gasteiger partial charge on any atom is 0.317 e. The molecule has 5 nitrogen and oxygen atoms in total. The van der Waals surface area contributed by atoms with E-state index in [1.54, 1.807) is 23.7 Å². The molecule has 0 rings (SSSR count). The first-order valence-corrected chi connectivity index (χ1v) is 7.52. The van der Waals surface area contributed by atoms with Crippen LogP contribution in [0.5, 0.6) is 0 Å². The van der Waals surface area contributed by atoms with Gasteiger partial charge >= 0.3 is 12.0 Å². The number of rotatable bonds is 8. The maximum atomic E-state index is 11.9. The van der Waals surface area contributed by atoms with Gasteiger partial charge in [0.15, 0.2) is 0 Å². The topological polar surface area (TPSA) is 69.6 Å². The molecule has 0 bridgehead atoms. The second kappa shape index (κ2) is 9.08. The van der Waals surface area contributed by atoms with Crippen LogP contribution in [0.25, 0.3) is 0 Å². The van der Waals surface area contributed by atoms with Crippen molar-refractivity contribution in [3.63, 3.8) is 0 Å². The lowest BCUT2D eigenvalue weighted by Crippen LogP contribution is -2.45. The zero-order valence-electron chi connectivity index (χ0n) is 11.6. The maximum absolute atomic E-state index is 11.9. The van der Waals surface area contributed by atoms with Gasteiger partial charge in [0.1, 0.15) is 0 Å². The molecule has 2 atom stereocenters. The molecule has 0 saturated carbocycles. The Bertz CT molecular complexity index is 274. The van der Waals surface area contributed by atoms with Gasteiger partial charge < -0.3 is 15.3 Å². The summed E-state index contributed by atoms with van der Waals surface area (Å²) in [7, 11) is 1.77. The molecule has 0 spiro atoms. The number of nitrogens with zero attached hydrogens (tertiary/aromatic N) is 1. The highest BCUT2D eigenvalue weighted by Crippen LogP contribution is 2.07. The fraction of sp³-hybridized carbons (Fsp3) is 0.833. The summed E-state index contributed by atoms with van der Waals surface area (Å²) < 4.78 is 0. The first-order chi connectivity index (χ1) is 8.38. The third-order valence-electron chi connectivity index (χ3n) is 2.88. The van der Waals surface area contributed by atoms with Gasteiger partial charge in [-0.2, -0.15) is 11.8 Å². The van der Waals surface area contributed by atoms with Crippen molar-refractivity contribution in [2.75, 3.05) is 19.1 Å². The molecule has 18 heavy (non-hydrogen) atoms. The number of nitrogens with one attached hydrogen (secondary N) is 1. The van der Waals surface area contributed by atoms with Crippen LogP contribution in [-0.4, -0.2) is 53.1 Å². The summed E-state index contributed by atoms with van der Waals surface area (Å²) in [4.78, 5) is 24.0. The van der Waals surface area contributed by atoms with Gasteiger partial charge in [-0.3, -0.25) is 4.79 Å². The highest BCUT2D eigenvalue weighted by molar-refractivity contribution is 7.98. The van der Waals surface area contributed by atoms with E-state index in [9.17, 15) is 9.59 Å². The summed E-state index contributed by atoms with van der Waals surface area (Å²) in [6, 6.07) is -0.0746. The van der Waals surface area contributed by atoms with E-state index in [-0.39, 0.29) is 24.5 Å². The van der Waals surface area contributed by atoms with Crippen LogP contribution in [0, 0.1) is 0 Å². The van der Waals surface area contributed by atoms with Crippen molar-refractivity contribution in [2.45, 2.75) is 45.2 Å². The smallest absolute Gasteiger partial charge is 0.317 e. The molecule has 0 heterocycles. The second-order valence-corrected chi connectivity index (χ2v) is 5.51. The third-order valence-corrected chi connectivity index (χ3v) is 3.53. The van der Waals surface area contributed by atoms with E-state index < -0.39 is 5.97 Å². The van der Waals surface area contributed by atoms with E-state index in [0.29, 0.717) is 6.42 Å². The molecule has 0 fully saturated rings. The van der Waals surface area contributed by atoms with E-state index in [0.717, 1.165) is 12.2 Å². The van der Waals surface area contributed by atoms with Crippen molar-refractivity contribution < 1.29 is 14.7 Å². The Hall–Kier alpha value is -0.910. The average Bonchev–Trinajstić information content (AvgIpc) is 2.32. The minimum absolute atomic E-state index is 0.0766. The van der Waals surface area contributed by atoms with Crippen molar-refractivity contribution in [1.82, 2.24) is 10.2 Å². The Morgan fingerprint density at radius 2 is 1.94 bits per heavy atom. The lowest BCUT2D eigenvalue weighted by molar-refractivity contribution is -0.137. The molecule has 106 valence electrons. The van der Waals surface area contributed by atoms with Crippen molar-refractivity contribution in [2.24, 2.45) is 0 Å². The van der Waals surface area contributed by atoms with Gasteiger partial charge in [-0.1, -0.05) is 0 Å². The standard InChI is InChI=1S/C12H24N2O3S/c1-9(5-6-11(15)16)13-12(17)14(3)10(2)7-8-18-4/h9-10H,5-8H2,1-4H3,(H,13,17)(H,15,16). The van der Waals surface area contributed by atoms with Crippen molar-refractivity contribution in [1.29, 1.82) is 0 Å². The monoisotopic (exact) mass is 276 g/mol. The van der Waals surface area contributed by atoms with Crippen LogP contribution < -0.4 is 5.32 Å². The first kappa shape index (κ1) is 17.1. The summed E-state index contributed by atoms with van der Waals surface area (Å²) in [5.41, 5.74) is 0. The Labute approximate surface area is 113 Å². The number of thioether (sulfide) groups is 1. The lowest BCUT2D eigenvalue weighted by Gasteiger charge is -2.26. The van der Waals surface area contributed by atoms with E-state index in [1.165, 1.54) is 0 Å². The molecule has 2 unspecified atom stereocenters. The fourth-order valence-corrected chi connectivity index (χ4v) is 1.98. The molecular formula is C12H24N2O3S. The second-order valence-electron chi connectivity index (χ2n) is 4.52. The summed E-state index contributed by atoms with van der Waals surface area (Å²) >= 11 is 1.76. The summed E-state index contributed by atoms with van der Waals surface area (Å²) in [6.07, 6.45) is 3.52. The van der Waals surface area contributed by atoms with Gasteiger partial charge in [-0.05, 0) is 38.7 Å². The van der Waals surface area contributed by atoms with Crippen molar-refractivity contribution in [3.8, 4) is 0 Å². The van der Waals surface area contributed by atoms with Crippen LogP contribution in [0.1, 0.15) is 33.1 Å². The molecule has 0 aliphatic rings. The molecule has 2 N–H and O–H groups in total. The van der Waals surface area contributed by atoms with Crippen molar-refractivity contribution >= 4 is 23.8 Å². The number of amides is 2. The highest BCUT2D eigenvalue weighted by Gasteiger charge is 2.17. The molecule has 0 aliphatic heterocycles. The molecule has 0 radical (unpaired) electrons. The molecule has 0 aromatic carbocycles. The van der Waals surface area contributed by atoms with Crippen molar-refractivity contribution in [3.05, 3.63) is 0 Å². The quantitative estimate of drug-likeness (QED) is 0.711. The van der Waals surface area contributed by atoms with Gasteiger partial charge in [-0.15, -0.1) is 0 Å². The molecule has 6 heteroatoms. The number of carbonyl (C=O) groups is 2. The molecule has 0 saturated heterocycles. The lowest BCUT2D eigenvalue weighted by atomic mass is 10.2. The SMILES string of the molecule is CSCCC(C)N(C)C(=O)NC(C)CCC(=O)O. The highest BCUT2D eigenvalue weighted by atomic mass is 32.2. The van der Waals surface area contributed by atoms with Crippen LogP contribution in [0.4, 0.5) is 4.79 Å². The number of carboxylic acid groups (broad SMARTS) is 1. The summed E-state index contributed by atoms with van der Waals surface area (Å²) in [6.45, 7) is 3.83. The van der Waals surface area contributed by atoms with E-state index in [4.69, 9.17) is 5.11 Å². The van der Waals surface area contributed by atoms with E-state index >= 15 is 0 Å². The average molecular weight is 276 g/mol. The van der Waals surface area contributed by atoms with Gasteiger partial charge in [0.05, 0.1) is 0 Å². The van der Waals surface area contributed by atoms with Crippen LogP contribution in [0.2, 0.25) is 0 Å². The number of aliphatic carboxylic acids is 1. The number of carbonyl (C=O) groups excluding carboxylic acids is 1. The largest absolute Gasteiger partial charge is 0.481 e. The van der Waals surface area contributed by atoms with Crippen LogP contribution in [0.15, 0.2) is 0 Å². The predicted molar refractivity (Wildman–Crippen MR) is 75.1 cm³/mol. The fourth-order valence-electron chi connectivity index (χ4n) is 1.41. The van der Waals surface area contributed by atoms with E-state index in [1.807, 2.05) is 20.1 Å². The molecular weight excluding hydrogens is 252 g/mol. The number of hydrogen-bond acceptors (Lipinski definition) is 3. The number of urea groups is 1. The minimum Gasteiger partial charge on any atom is -0.481 e. The normalized spacial score (nSPS) is 13.8. The zero-order valence-corrected chi connectivity index (χ0v) is 12.4. The molecule has 0 aromatic rings. The van der Waals surface area contributed by atoms with Gasteiger partial charge in [-0.25, -0.2) is 4.79 Å².